The van der Waals surface area contributed by atoms with Crippen molar-refractivity contribution >= 4 is 5.91 Å². The zero-order valence-electron chi connectivity index (χ0n) is 15.2. The van der Waals surface area contributed by atoms with Crippen LogP contribution < -0.4 is 5.32 Å². The van der Waals surface area contributed by atoms with E-state index in [9.17, 15) is 4.79 Å². The summed E-state index contributed by atoms with van der Waals surface area (Å²) in [5.74, 6) is 1.55. The quantitative estimate of drug-likeness (QED) is 0.752. The summed E-state index contributed by atoms with van der Waals surface area (Å²) in [6.07, 6.45) is 3.66. The van der Waals surface area contributed by atoms with Gasteiger partial charge in [0.05, 0.1) is 12.7 Å². The Morgan fingerprint density at radius 2 is 1.70 bits per heavy atom. The minimum atomic E-state index is 0.00857. The molecule has 1 amide bonds. The Kier molecular flexibility index (Phi) is 5.30. The third kappa shape index (κ3) is 4.44. The van der Waals surface area contributed by atoms with E-state index in [4.69, 9.17) is 4.42 Å². The van der Waals surface area contributed by atoms with Crippen molar-refractivity contribution in [3.05, 3.63) is 78.3 Å². The van der Waals surface area contributed by atoms with Gasteiger partial charge in [0.2, 0.25) is 5.89 Å². The molecule has 4 rings (SSSR count). The monoisotopic (exact) mass is 361 g/mol. The first-order valence-electron chi connectivity index (χ1n) is 9.36. The normalized spacial score (nSPS) is 15.6. The van der Waals surface area contributed by atoms with Crippen LogP contribution in [-0.2, 0) is 6.54 Å². The lowest BCUT2D eigenvalue weighted by Crippen LogP contribution is -2.44. The third-order valence-corrected chi connectivity index (χ3v) is 4.93. The number of nitrogens with zero attached hydrogens (tertiary/aromatic N) is 2. The molecular weight excluding hydrogens is 338 g/mol. The second-order valence-electron chi connectivity index (χ2n) is 6.87. The Hall–Kier alpha value is -2.92. The molecule has 0 aliphatic carbocycles. The fourth-order valence-electron chi connectivity index (χ4n) is 3.40. The minimum Gasteiger partial charge on any atom is -0.439 e. The molecule has 2 aromatic carbocycles. The maximum Gasteiger partial charge on any atom is 0.251 e. The fourth-order valence-corrected chi connectivity index (χ4v) is 3.40. The Balaban J connectivity index is 1.27. The summed E-state index contributed by atoms with van der Waals surface area (Å²) < 4.78 is 5.90. The van der Waals surface area contributed by atoms with E-state index < -0.39 is 0 Å². The van der Waals surface area contributed by atoms with Crippen LogP contribution in [0.4, 0.5) is 0 Å². The van der Waals surface area contributed by atoms with Crippen molar-refractivity contribution in [2.45, 2.75) is 25.4 Å². The second-order valence-corrected chi connectivity index (χ2v) is 6.87. The number of likely N-dealkylation sites (tertiary alicyclic amines) is 1. The molecule has 0 spiro atoms. The molecule has 1 saturated heterocycles. The van der Waals surface area contributed by atoms with Gasteiger partial charge in [-0.1, -0.05) is 48.5 Å². The molecule has 5 heteroatoms. The highest BCUT2D eigenvalue weighted by molar-refractivity contribution is 5.94. The maximum atomic E-state index is 12.3. The Morgan fingerprint density at radius 1 is 1.04 bits per heavy atom. The van der Waals surface area contributed by atoms with Crippen LogP contribution in [0.25, 0.3) is 11.3 Å². The lowest BCUT2D eigenvalue weighted by atomic mass is 10.0. The minimum absolute atomic E-state index is 0.00857. The number of rotatable bonds is 5. The zero-order valence-corrected chi connectivity index (χ0v) is 15.2. The van der Waals surface area contributed by atoms with Gasteiger partial charge in [-0.05, 0) is 25.0 Å². The Bertz CT molecular complexity index is 869. The van der Waals surface area contributed by atoms with Crippen molar-refractivity contribution < 1.29 is 9.21 Å². The van der Waals surface area contributed by atoms with Crippen molar-refractivity contribution in [1.82, 2.24) is 15.2 Å². The van der Waals surface area contributed by atoms with Crippen molar-refractivity contribution in [3.8, 4) is 11.3 Å². The lowest BCUT2D eigenvalue weighted by Gasteiger charge is -2.31. The highest BCUT2D eigenvalue weighted by Gasteiger charge is 2.22. The van der Waals surface area contributed by atoms with Crippen LogP contribution in [-0.4, -0.2) is 34.9 Å². The van der Waals surface area contributed by atoms with E-state index in [2.05, 4.69) is 15.2 Å². The largest absolute Gasteiger partial charge is 0.439 e. The van der Waals surface area contributed by atoms with E-state index in [0.29, 0.717) is 12.1 Å². The van der Waals surface area contributed by atoms with E-state index in [1.165, 1.54) is 0 Å². The molecule has 1 aromatic heterocycles. The van der Waals surface area contributed by atoms with E-state index in [-0.39, 0.29) is 11.9 Å². The predicted molar refractivity (Wildman–Crippen MR) is 104 cm³/mol. The fraction of sp³-hybridized carbons (Fsp3) is 0.273. The van der Waals surface area contributed by atoms with Gasteiger partial charge in [0.25, 0.3) is 5.91 Å². The zero-order chi connectivity index (χ0) is 18.5. The summed E-state index contributed by atoms with van der Waals surface area (Å²) in [5.41, 5.74) is 1.76. The third-order valence-electron chi connectivity index (χ3n) is 4.93. The second kappa shape index (κ2) is 8.18. The van der Waals surface area contributed by atoms with E-state index in [0.717, 1.165) is 43.1 Å². The van der Waals surface area contributed by atoms with Gasteiger partial charge in [0.1, 0.15) is 0 Å². The number of carbonyl (C=O) groups is 1. The lowest BCUT2D eigenvalue weighted by molar-refractivity contribution is 0.0905. The molecule has 27 heavy (non-hydrogen) atoms. The van der Waals surface area contributed by atoms with Gasteiger partial charge in [-0.3, -0.25) is 9.69 Å². The molecule has 5 nitrogen and oxygen atoms in total. The summed E-state index contributed by atoms with van der Waals surface area (Å²) in [4.78, 5) is 19.0. The van der Waals surface area contributed by atoms with Crippen LogP contribution in [0.15, 0.2) is 71.3 Å². The number of oxazole rings is 1. The van der Waals surface area contributed by atoms with E-state index in [1.807, 2.05) is 60.7 Å². The van der Waals surface area contributed by atoms with E-state index in [1.54, 1.807) is 6.20 Å². The maximum absolute atomic E-state index is 12.3. The van der Waals surface area contributed by atoms with Gasteiger partial charge >= 0.3 is 0 Å². The standard InChI is InChI=1S/C22H23N3O2/c26-22(18-9-5-2-6-10-18)24-19-11-13-25(14-12-19)16-21-23-15-20(27-21)17-7-3-1-4-8-17/h1-10,15,19H,11-14,16H2,(H,24,26). The van der Waals surface area contributed by atoms with Crippen molar-refractivity contribution in [2.75, 3.05) is 13.1 Å². The predicted octanol–water partition coefficient (Wildman–Crippen LogP) is 3.74. The number of amides is 1. The molecule has 1 N–H and O–H groups in total. The Labute approximate surface area is 159 Å². The molecule has 0 atom stereocenters. The van der Waals surface area contributed by atoms with Crippen molar-refractivity contribution in [1.29, 1.82) is 0 Å². The molecule has 0 unspecified atom stereocenters. The van der Waals surface area contributed by atoms with Crippen LogP contribution in [0.1, 0.15) is 29.1 Å². The van der Waals surface area contributed by atoms with E-state index >= 15 is 0 Å². The summed E-state index contributed by atoms with van der Waals surface area (Å²) in [6.45, 7) is 2.54. The topological polar surface area (TPSA) is 58.4 Å². The van der Waals surface area contributed by atoms with Crippen LogP contribution in [0, 0.1) is 0 Å². The van der Waals surface area contributed by atoms with Gasteiger partial charge < -0.3 is 9.73 Å². The molecular formula is C22H23N3O2. The molecule has 138 valence electrons. The first kappa shape index (κ1) is 17.5. The summed E-state index contributed by atoms with van der Waals surface area (Å²) in [6, 6.07) is 19.6. The van der Waals surface area contributed by atoms with Crippen molar-refractivity contribution in [3.63, 3.8) is 0 Å². The van der Waals surface area contributed by atoms with Crippen LogP contribution in [0.3, 0.4) is 0 Å². The number of piperidine rings is 1. The molecule has 2 heterocycles. The first-order valence-corrected chi connectivity index (χ1v) is 9.36. The number of aromatic nitrogens is 1. The number of nitrogens with one attached hydrogen (secondary N) is 1. The molecule has 0 saturated carbocycles. The van der Waals surface area contributed by atoms with Gasteiger partial charge in [0.15, 0.2) is 5.76 Å². The highest BCUT2D eigenvalue weighted by atomic mass is 16.4. The Morgan fingerprint density at radius 3 is 2.41 bits per heavy atom. The SMILES string of the molecule is O=C(NC1CCN(Cc2ncc(-c3ccccc3)o2)CC1)c1ccccc1. The van der Waals surface area contributed by atoms with Gasteiger partial charge in [-0.2, -0.15) is 0 Å². The summed E-state index contributed by atoms with van der Waals surface area (Å²) in [5, 5.41) is 3.14. The summed E-state index contributed by atoms with van der Waals surface area (Å²) in [7, 11) is 0. The number of hydrogen-bond acceptors (Lipinski definition) is 4. The molecule has 1 aliphatic heterocycles. The molecule has 3 aromatic rings. The number of benzene rings is 2. The smallest absolute Gasteiger partial charge is 0.251 e. The summed E-state index contributed by atoms with van der Waals surface area (Å²) >= 11 is 0. The molecule has 1 fully saturated rings. The first-order chi connectivity index (χ1) is 13.3. The molecule has 1 aliphatic rings. The van der Waals surface area contributed by atoms with Crippen LogP contribution in [0.2, 0.25) is 0 Å². The highest BCUT2D eigenvalue weighted by Crippen LogP contribution is 2.21. The van der Waals surface area contributed by atoms with Gasteiger partial charge in [0, 0.05) is 30.3 Å². The molecule has 0 bridgehead atoms. The molecule has 0 radical (unpaired) electrons. The number of carbonyl (C=O) groups excluding carboxylic acids is 1. The average molecular weight is 361 g/mol. The van der Waals surface area contributed by atoms with Gasteiger partial charge in [-0.25, -0.2) is 4.98 Å². The van der Waals surface area contributed by atoms with Crippen LogP contribution >= 0.6 is 0 Å². The van der Waals surface area contributed by atoms with Crippen molar-refractivity contribution in [2.24, 2.45) is 0 Å². The number of hydrogen-bond donors (Lipinski definition) is 1. The van der Waals surface area contributed by atoms with Crippen LogP contribution in [0.5, 0.6) is 0 Å². The average Bonchev–Trinajstić information content (AvgIpc) is 3.19. The van der Waals surface area contributed by atoms with Gasteiger partial charge in [-0.15, -0.1) is 0 Å².